The summed E-state index contributed by atoms with van der Waals surface area (Å²) in [5.74, 6) is -1.28. The highest BCUT2D eigenvalue weighted by Gasteiger charge is 2.18. The molecule has 0 saturated heterocycles. The Hall–Kier alpha value is -4.83. The van der Waals surface area contributed by atoms with Crippen molar-refractivity contribution >= 4 is 11.7 Å². The van der Waals surface area contributed by atoms with Gasteiger partial charge in [0.15, 0.2) is 0 Å². The molecule has 4 heteroatoms. The zero-order valence-corrected chi connectivity index (χ0v) is 39.3. The molecular formula is C54H77NO3. The first-order valence-corrected chi connectivity index (χ1v) is 20.5. The Kier molecular flexibility index (Phi) is 18.8. The van der Waals surface area contributed by atoms with Crippen LogP contribution in [-0.4, -0.2) is 16.2 Å². The Morgan fingerprint density at radius 2 is 0.621 bits per heavy atom. The van der Waals surface area contributed by atoms with E-state index in [0.29, 0.717) is 0 Å². The molecule has 4 N–H and O–H groups in total. The van der Waals surface area contributed by atoms with Gasteiger partial charge in [0.1, 0.15) is 11.3 Å². The van der Waals surface area contributed by atoms with Crippen molar-refractivity contribution in [3.63, 3.8) is 0 Å². The van der Waals surface area contributed by atoms with Crippen LogP contribution < -0.4 is 5.73 Å². The van der Waals surface area contributed by atoms with Gasteiger partial charge in [-0.05, 0) is 99.9 Å². The van der Waals surface area contributed by atoms with Gasteiger partial charge in [0.25, 0.3) is 0 Å². The molecule has 0 heterocycles. The van der Waals surface area contributed by atoms with Crippen LogP contribution in [0.3, 0.4) is 0 Å². The summed E-state index contributed by atoms with van der Waals surface area (Å²) in [6.07, 6.45) is 0. The van der Waals surface area contributed by atoms with E-state index in [9.17, 15) is 9.90 Å². The fourth-order valence-electron chi connectivity index (χ4n) is 5.32. The first kappa shape index (κ1) is 51.2. The fourth-order valence-corrected chi connectivity index (χ4v) is 5.32. The van der Waals surface area contributed by atoms with Gasteiger partial charge in [0.05, 0.1) is 0 Å². The van der Waals surface area contributed by atoms with Gasteiger partial charge in [-0.1, -0.05) is 212 Å². The Balaban J connectivity index is 0.000000364. The molecule has 58 heavy (non-hydrogen) atoms. The number of phenols is 1. The molecule has 316 valence electrons. The number of carbonyl (C=O) groups is 1. The average molecular weight is 788 g/mol. The predicted molar refractivity (Wildman–Crippen MR) is 253 cm³/mol. The molecule has 0 amide bonds. The average Bonchev–Trinajstić information content (AvgIpc) is 3.08. The van der Waals surface area contributed by atoms with Crippen molar-refractivity contribution in [1.82, 2.24) is 0 Å². The van der Waals surface area contributed by atoms with E-state index in [1.54, 1.807) is 6.07 Å². The molecule has 0 aromatic heterocycles. The van der Waals surface area contributed by atoms with E-state index in [0.717, 1.165) is 11.3 Å². The topological polar surface area (TPSA) is 83.5 Å². The third kappa shape index (κ3) is 19.1. The highest BCUT2D eigenvalue weighted by atomic mass is 16.4. The van der Waals surface area contributed by atoms with E-state index < -0.39 is 5.97 Å². The molecule has 0 unspecified atom stereocenters. The van der Waals surface area contributed by atoms with Gasteiger partial charge in [-0.2, -0.15) is 0 Å². The summed E-state index contributed by atoms with van der Waals surface area (Å²) < 4.78 is 0. The number of nitrogen functional groups attached to an aromatic ring is 1. The lowest BCUT2D eigenvalue weighted by Crippen LogP contribution is -2.11. The Morgan fingerprint density at radius 3 is 0.828 bits per heavy atom. The molecule has 5 rings (SSSR count). The number of anilines is 1. The number of benzene rings is 5. The second-order valence-corrected chi connectivity index (χ2v) is 20.5. The maximum atomic E-state index is 10.6. The number of aromatic hydroxyl groups is 1. The van der Waals surface area contributed by atoms with Crippen LogP contribution in [0.5, 0.6) is 5.75 Å². The summed E-state index contributed by atoms with van der Waals surface area (Å²) in [5.41, 5.74) is 17.8. The van der Waals surface area contributed by atoms with E-state index in [-0.39, 0.29) is 38.4 Å². The van der Waals surface area contributed by atoms with Crippen LogP contribution in [0.2, 0.25) is 0 Å². The second kappa shape index (κ2) is 21.3. The van der Waals surface area contributed by atoms with Crippen molar-refractivity contribution in [2.45, 2.75) is 152 Å². The highest BCUT2D eigenvalue weighted by molar-refractivity contribution is 5.90. The van der Waals surface area contributed by atoms with Crippen molar-refractivity contribution in [3.05, 3.63) is 165 Å². The maximum absolute atomic E-state index is 10.6. The number of rotatable bonds is 1. The van der Waals surface area contributed by atoms with Gasteiger partial charge in [0.2, 0.25) is 0 Å². The maximum Gasteiger partial charge on any atom is 0.339 e. The summed E-state index contributed by atoms with van der Waals surface area (Å²) in [6, 6.07) is 38.9. The van der Waals surface area contributed by atoms with Gasteiger partial charge in [0, 0.05) is 5.69 Å². The molecule has 4 nitrogen and oxygen atoms in total. The Morgan fingerprint density at radius 1 is 0.397 bits per heavy atom. The van der Waals surface area contributed by atoms with Gasteiger partial charge < -0.3 is 15.9 Å². The van der Waals surface area contributed by atoms with Crippen LogP contribution >= 0.6 is 0 Å². The summed E-state index contributed by atoms with van der Waals surface area (Å²) >= 11 is 0. The highest BCUT2D eigenvalue weighted by Crippen LogP contribution is 2.28. The van der Waals surface area contributed by atoms with Crippen LogP contribution in [0.15, 0.2) is 115 Å². The number of carboxylic acids is 1. The first-order valence-electron chi connectivity index (χ1n) is 20.5. The van der Waals surface area contributed by atoms with Crippen molar-refractivity contribution in [1.29, 1.82) is 0 Å². The van der Waals surface area contributed by atoms with Crippen LogP contribution in [-0.2, 0) is 27.1 Å². The molecule has 0 aliphatic heterocycles. The van der Waals surface area contributed by atoms with Gasteiger partial charge in [-0.25, -0.2) is 4.79 Å². The van der Waals surface area contributed by atoms with Crippen LogP contribution in [0.4, 0.5) is 5.69 Å². The van der Waals surface area contributed by atoms with E-state index in [1.165, 1.54) is 51.1 Å². The minimum atomic E-state index is -1.11. The van der Waals surface area contributed by atoms with Crippen molar-refractivity contribution in [2.75, 3.05) is 5.73 Å². The lowest BCUT2D eigenvalue weighted by atomic mass is 9.86. The lowest BCUT2D eigenvalue weighted by Gasteiger charge is -2.19. The van der Waals surface area contributed by atoms with E-state index in [4.69, 9.17) is 10.8 Å². The second-order valence-electron chi connectivity index (χ2n) is 20.5. The molecule has 0 fully saturated rings. The number of nitrogens with two attached hydrogens (primary N) is 1. The number of carboxylic acid groups (broad SMARTS) is 1. The SMILES string of the molecule is CC(C)(C)c1ccc(C(=O)O)c(O)c1.CC(C)(C)c1ccc(N)cc1.Cc1ccc(C(C)(C)C)cc1.Cc1ccc(C(C)(C)C)cc1.Cc1ccc(C(C)(C)C)cc1. The quantitative estimate of drug-likeness (QED) is 0.148. The molecule has 0 spiro atoms. The minimum absolute atomic E-state index is 0.0574. The summed E-state index contributed by atoms with van der Waals surface area (Å²) in [5, 5.41) is 18.1. The van der Waals surface area contributed by atoms with E-state index >= 15 is 0 Å². The standard InChI is InChI=1S/C11H14O3.3C11H16.C10H15N/c1-11(2,3)7-4-5-8(10(13)14)9(12)6-7;3*1-9-5-7-10(8-6-9)11(2,3)4;1-10(2,3)8-4-6-9(11)7-5-8/h4-6,12H,1-3H3,(H,13,14);3*5-8H,1-4H3;4-7H,11H2,1-3H3. The molecule has 5 aromatic carbocycles. The number of hydrogen-bond acceptors (Lipinski definition) is 3. The van der Waals surface area contributed by atoms with Crippen LogP contribution in [0.25, 0.3) is 0 Å². The normalized spacial score (nSPS) is 11.6. The molecule has 0 radical (unpaired) electrons. The number of hydrogen-bond donors (Lipinski definition) is 3. The third-order valence-electron chi connectivity index (χ3n) is 9.62. The van der Waals surface area contributed by atoms with Gasteiger partial charge in [-0.15, -0.1) is 0 Å². The molecule has 5 aromatic rings. The summed E-state index contributed by atoms with van der Waals surface area (Å²) in [7, 11) is 0. The molecule has 0 saturated carbocycles. The monoisotopic (exact) mass is 788 g/mol. The molecule has 0 bridgehead atoms. The zero-order valence-electron chi connectivity index (χ0n) is 39.3. The smallest absolute Gasteiger partial charge is 0.339 e. The zero-order chi connectivity index (χ0) is 44.9. The van der Waals surface area contributed by atoms with E-state index in [1.807, 2.05) is 32.9 Å². The predicted octanol–water partition coefficient (Wildman–Crippen LogP) is 14.8. The summed E-state index contributed by atoms with van der Waals surface area (Å²) in [4.78, 5) is 10.6. The van der Waals surface area contributed by atoms with Crippen molar-refractivity contribution in [2.24, 2.45) is 0 Å². The van der Waals surface area contributed by atoms with Crippen molar-refractivity contribution in [3.8, 4) is 5.75 Å². The van der Waals surface area contributed by atoms with Crippen LogP contribution in [0.1, 0.15) is 159 Å². The van der Waals surface area contributed by atoms with Gasteiger partial charge >= 0.3 is 5.97 Å². The molecular weight excluding hydrogens is 711 g/mol. The molecule has 0 aliphatic carbocycles. The largest absolute Gasteiger partial charge is 0.507 e. The van der Waals surface area contributed by atoms with Crippen molar-refractivity contribution < 1.29 is 15.0 Å². The van der Waals surface area contributed by atoms with Gasteiger partial charge in [-0.3, -0.25) is 0 Å². The number of aryl methyl sites for hydroxylation is 3. The molecule has 0 aliphatic rings. The number of aromatic carboxylic acids is 1. The molecule has 0 atom stereocenters. The van der Waals surface area contributed by atoms with Crippen LogP contribution in [0, 0.1) is 20.8 Å². The first-order chi connectivity index (χ1) is 26.3. The summed E-state index contributed by atoms with van der Waals surface area (Å²) in [6.45, 7) is 39.0. The lowest BCUT2D eigenvalue weighted by molar-refractivity contribution is 0.0693. The third-order valence-corrected chi connectivity index (χ3v) is 9.62. The fraction of sp³-hybridized carbons (Fsp3) is 0.426. The Labute approximate surface area is 354 Å². The Bertz CT molecular complexity index is 1730. The minimum Gasteiger partial charge on any atom is -0.507 e. The van der Waals surface area contributed by atoms with E-state index in [2.05, 4.69) is 189 Å².